The minimum Gasteiger partial charge on any atom is -0.0843 e. The zero-order chi connectivity index (χ0) is 10.9. The van der Waals surface area contributed by atoms with Gasteiger partial charge in [0.2, 0.25) is 0 Å². The average molecular weight is 221 g/mol. The van der Waals surface area contributed by atoms with E-state index in [9.17, 15) is 0 Å². The third-order valence-electron chi connectivity index (χ3n) is 3.03. The summed E-state index contributed by atoms with van der Waals surface area (Å²) in [5.41, 5.74) is 3.34. The summed E-state index contributed by atoms with van der Waals surface area (Å²) in [5, 5.41) is 0.819. The Balaban J connectivity index is 2.07. The predicted octanol–water partition coefficient (Wildman–Crippen LogP) is 4.63. The van der Waals surface area contributed by atoms with Crippen molar-refractivity contribution >= 4 is 11.6 Å². The van der Waals surface area contributed by atoms with Gasteiger partial charge in [-0.2, -0.15) is 0 Å². The average Bonchev–Trinajstić information content (AvgIpc) is 2.50. The summed E-state index contributed by atoms with van der Waals surface area (Å²) >= 11 is 5.86. The second kappa shape index (κ2) is 4.02. The second-order valence-electron chi connectivity index (χ2n) is 5.09. The molecule has 1 aliphatic rings. The van der Waals surface area contributed by atoms with E-state index in [2.05, 4.69) is 32.1 Å². The standard InChI is InChI=1S/C14H17Cl/c1-14(2)8-7-12(10-14)9-11-3-5-13(15)6-4-11/h3-6,10H,7-9H2,1-2H3. The fraction of sp³-hybridized carbons (Fsp3) is 0.429. The molecule has 15 heavy (non-hydrogen) atoms. The van der Waals surface area contributed by atoms with Crippen molar-refractivity contribution in [3.8, 4) is 0 Å². The quantitative estimate of drug-likeness (QED) is 0.638. The topological polar surface area (TPSA) is 0 Å². The van der Waals surface area contributed by atoms with Crippen LogP contribution in [0.1, 0.15) is 32.3 Å². The summed E-state index contributed by atoms with van der Waals surface area (Å²) in [6.45, 7) is 4.61. The predicted molar refractivity (Wildman–Crippen MR) is 66.3 cm³/mol. The van der Waals surface area contributed by atoms with Crippen molar-refractivity contribution in [2.24, 2.45) is 5.41 Å². The Labute approximate surface area is 97.0 Å². The zero-order valence-electron chi connectivity index (χ0n) is 9.39. The molecule has 80 valence electrons. The molecule has 1 heteroatoms. The molecule has 0 saturated carbocycles. The molecular weight excluding hydrogens is 204 g/mol. The van der Waals surface area contributed by atoms with Crippen molar-refractivity contribution in [2.45, 2.75) is 33.1 Å². The number of rotatable bonds is 2. The van der Waals surface area contributed by atoms with E-state index >= 15 is 0 Å². The molecule has 0 saturated heterocycles. The highest BCUT2D eigenvalue weighted by Gasteiger charge is 2.22. The van der Waals surface area contributed by atoms with Gasteiger partial charge in [0.05, 0.1) is 0 Å². The molecule has 1 aromatic rings. The van der Waals surface area contributed by atoms with E-state index < -0.39 is 0 Å². The van der Waals surface area contributed by atoms with Crippen LogP contribution >= 0.6 is 11.6 Å². The van der Waals surface area contributed by atoms with Crippen molar-refractivity contribution in [3.05, 3.63) is 46.5 Å². The first-order valence-corrected chi connectivity index (χ1v) is 5.88. The molecule has 0 amide bonds. The smallest absolute Gasteiger partial charge is 0.0406 e. The molecule has 2 rings (SSSR count). The first kappa shape index (κ1) is 10.8. The lowest BCUT2D eigenvalue weighted by atomic mass is 9.94. The number of allylic oxidation sites excluding steroid dienone is 2. The lowest BCUT2D eigenvalue weighted by Crippen LogP contribution is -2.00. The lowest BCUT2D eigenvalue weighted by Gasteiger charge is -2.11. The van der Waals surface area contributed by atoms with Gasteiger partial charge in [0.25, 0.3) is 0 Å². The fourth-order valence-electron chi connectivity index (χ4n) is 2.18. The molecule has 0 heterocycles. The number of hydrogen-bond donors (Lipinski definition) is 0. The van der Waals surface area contributed by atoms with E-state index in [0.717, 1.165) is 11.4 Å². The number of hydrogen-bond acceptors (Lipinski definition) is 0. The molecule has 1 aliphatic carbocycles. The molecule has 0 radical (unpaired) electrons. The van der Waals surface area contributed by atoms with E-state index in [-0.39, 0.29) is 0 Å². The summed E-state index contributed by atoms with van der Waals surface area (Å²) in [6, 6.07) is 8.18. The maximum Gasteiger partial charge on any atom is 0.0406 e. The van der Waals surface area contributed by atoms with E-state index in [4.69, 9.17) is 11.6 Å². The van der Waals surface area contributed by atoms with Crippen LogP contribution in [0.25, 0.3) is 0 Å². The third-order valence-corrected chi connectivity index (χ3v) is 3.28. The summed E-state index contributed by atoms with van der Waals surface area (Å²) in [7, 11) is 0. The SMILES string of the molecule is CC1(C)C=C(Cc2ccc(Cl)cc2)CC1. The van der Waals surface area contributed by atoms with Crippen LogP contribution in [0.15, 0.2) is 35.9 Å². The molecule has 0 atom stereocenters. The van der Waals surface area contributed by atoms with Crippen LogP contribution < -0.4 is 0 Å². The van der Waals surface area contributed by atoms with Crippen LogP contribution in [-0.2, 0) is 6.42 Å². The van der Waals surface area contributed by atoms with Crippen LogP contribution in [-0.4, -0.2) is 0 Å². The van der Waals surface area contributed by atoms with Gasteiger partial charge in [-0.1, -0.05) is 49.2 Å². The molecular formula is C14H17Cl. The third kappa shape index (κ3) is 2.85. The maximum atomic E-state index is 5.86. The summed E-state index contributed by atoms with van der Waals surface area (Å²) < 4.78 is 0. The Morgan fingerprint density at radius 3 is 2.40 bits per heavy atom. The highest BCUT2D eigenvalue weighted by atomic mass is 35.5. The van der Waals surface area contributed by atoms with Crippen molar-refractivity contribution in [3.63, 3.8) is 0 Å². The van der Waals surface area contributed by atoms with Gasteiger partial charge in [-0.3, -0.25) is 0 Å². The normalized spacial score (nSPS) is 19.0. The van der Waals surface area contributed by atoms with E-state index in [1.165, 1.54) is 18.4 Å². The molecule has 0 nitrogen and oxygen atoms in total. The van der Waals surface area contributed by atoms with Crippen LogP contribution in [0.3, 0.4) is 0 Å². The van der Waals surface area contributed by atoms with Crippen molar-refractivity contribution in [1.29, 1.82) is 0 Å². The van der Waals surface area contributed by atoms with Crippen LogP contribution in [0, 0.1) is 5.41 Å². The fourth-order valence-corrected chi connectivity index (χ4v) is 2.31. The van der Waals surface area contributed by atoms with E-state index in [1.807, 2.05) is 12.1 Å². The lowest BCUT2D eigenvalue weighted by molar-refractivity contribution is 0.470. The van der Waals surface area contributed by atoms with Gasteiger partial charge in [-0.15, -0.1) is 0 Å². The number of halogens is 1. The van der Waals surface area contributed by atoms with Crippen molar-refractivity contribution in [1.82, 2.24) is 0 Å². The molecule has 0 fully saturated rings. The Hall–Kier alpha value is -0.750. The Morgan fingerprint density at radius 2 is 1.87 bits per heavy atom. The van der Waals surface area contributed by atoms with Crippen LogP contribution in [0.4, 0.5) is 0 Å². The van der Waals surface area contributed by atoms with Crippen molar-refractivity contribution in [2.75, 3.05) is 0 Å². The minimum absolute atomic E-state index is 0.405. The van der Waals surface area contributed by atoms with Gasteiger partial charge >= 0.3 is 0 Å². The molecule has 0 aliphatic heterocycles. The first-order chi connectivity index (χ1) is 7.05. The second-order valence-corrected chi connectivity index (χ2v) is 5.53. The van der Waals surface area contributed by atoms with E-state index in [0.29, 0.717) is 5.41 Å². The Morgan fingerprint density at radius 1 is 1.20 bits per heavy atom. The summed E-state index contributed by atoms with van der Waals surface area (Å²) in [4.78, 5) is 0. The molecule has 0 spiro atoms. The largest absolute Gasteiger partial charge is 0.0843 e. The molecule has 0 bridgehead atoms. The molecule has 0 unspecified atom stereocenters. The van der Waals surface area contributed by atoms with E-state index in [1.54, 1.807) is 5.57 Å². The van der Waals surface area contributed by atoms with Gasteiger partial charge in [-0.25, -0.2) is 0 Å². The van der Waals surface area contributed by atoms with Crippen LogP contribution in [0.2, 0.25) is 5.02 Å². The maximum absolute atomic E-state index is 5.86. The number of benzene rings is 1. The highest BCUT2D eigenvalue weighted by Crippen LogP contribution is 2.36. The highest BCUT2D eigenvalue weighted by molar-refractivity contribution is 6.30. The van der Waals surface area contributed by atoms with Gasteiger partial charge in [0.1, 0.15) is 0 Å². The minimum atomic E-state index is 0.405. The zero-order valence-corrected chi connectivity index (χ0v) is 10.1. The first-order valence-electron chi connectivity index (χ1n) is 5.50. The van der Waals surface area contributed by atoms with Gasteiger partial charge < -0.3 is 0 Å². The Kier molecular flexibility index (Phi) is 2.88. The molecule has 1 aromatic carbocycles. The van der Waals surface area contributed by atoms with Gasteiger partial charge in [-0.05, 0) is 42.4 Å². The van der Waals surface area contributed by atoms with Gasteiger partial charge in [0.15, 0.2) is 0 Å². The molecule has 0 aromatic heterocycles. The van der Waals surface area contributed by atoms with Crippen LogP contribution in [0.5, 0.6) is 0 Å². The molecule has 0 N–H and O–H groups in total. The van der Waals surface area contributed by atoms with Crippen molar-refractivity contribution < 1.29 is 0 Å². The summed E-state index contributed by atoms with van der Waals surface area (Å²) in [6.07, 6.45) is 6.05. The Bertz CT molecular complexity index is 371. The summed E-state index contributed by atoms with van der Waals surface area (Å²) in [5.74, 6) is 0. The van der Waals surface area contributed by atoms with Gasteiger partial charge in [0, 0.05) is 5.02 Å². The monoisotopic (exact) mass is 220 g/mol.